The summed E-state index contributed by atoms with van der Waals surface area (Å²) in [6, 6.07) is 5.27. The number of nitrogens with one attached hydrogen (secondary N) is 1. The summed E-state index contributed by atoms with van der Waals surface area (Å²) in [5, 5.41) is 18.9. The number of halogens is 1. The molecule has 13 heavy (non-hydrogen) atoms. The molecule has 2 rings (SSSR count). The van der Waals surface area contributed by atoms with Gasteiger partial charge in [0.25, 0.3) is 0 Å². The monoisotopic (exact) mass is 192 g/mol. The van der Waals surface area contributed by atoms with Crippen molar-refractivity contribution in [3.05, 3.63) is 28.9 Å². The van der Waals surface area contributed by atoms with E-state index in [1.807, 2.05) is 6.07 Å². The SMILES string of the molecule is N#Cc1ccc2[nH]cc(O)c2c1Cl. The summed E-state index contributed by atoms with van der Waals surface area (Å²) in [4.78, 5) is 2.84. The average Bonchev–Trinajstić information content (AvgIpc) is 2.49. The predicted molar refractivity (Wildman–Crippen MR) is 49.7 cm³/mol. The Bertz CT molecular complexity index is 510. The lowest BCUT2D eigenvalue weighted by Crippen LogP contribution is -1.77. The first-order valence-corrected chi connectivity index (χ1v) is 4.00. The molecule has 0 atom stereocenters. The van der Waals surface area contributed by atoms with Gasteiger partial charge >= 0.3 is 0 Å². The summed E-state index contributed by atoms with van der Waals surface area (Å²) in [7, 11) is 0. The Hall–Kier alpha value is -1.66. The fraction of sp³-hybridized carbons (Fsp3) is 0. The molecule has 0 fully saturated rings. The molecule has 2 aromatic rings. The van der Waals surface area contributed by atoms with Gasteiger partial charge in [0, 0.05) is 6.20 Å². The highest BCUT2D eigenvalue weighted by atomic mass is 35.5. The number of aromatic nitrogens is 1. The number of hydrogen-bond donors (Lipinski definition) is 2. The highest BCUT2D eigenvalue weighted by Crippen LogP contribution is 2.33. The van der Waals surface area contributed by atoms with Gasteiger partial charge in [-0.25, -0.2) is 0 Å². The quantitative estimate of drug-likeness (QED) is 0.673. The number of nitriles is 1. The number of nitrogens with zero attached hydrogens (tertiary/aromatic N) is 1. The lowest BCUT2D eigenvalue weighted by molar-refractivity contribution is 0.481. The summed E-state index contributed by atoms with van der Waals surface area (Å²) >= 11 is 5.89. The smallest absolute Gasteiger partial charge is 0.142 e. The Morgan fingerprint density at radius 1 is 1.46 bits per heavy atom. The average molecular weight is 193 g/mol. The van der Waals surface area contributed by atoms with Crippen molar-refractivity contribution in [1.82, 2.24) is 4.98 Å². The van der Waals surface area contributed by atoms with E-state index in [9.17, 15) is 5.11 Å². The zero-order valence-corrected chi connectivity index (χ0v) is 7.26. The van der Waals surface area contributed by atoms with Gasteiger partial charge in [0.15, 0.2) is 0 Å². The van der Waals surface area contributed by atoms with Crippen molar-refractivity contribution in [3.8, 4) is 11.8 Å². The Kier molecular flexibility index (Phi) is 1.64. The standard InChI is InChI=1S/C9H5ClN2O/c10-9-5(3-11)1-2-6-8(9)7(13)4-12-6/h1-2,4,12-13H. The van der Waals surface area contributed by atoms with Crippen molar-refractivity contribution >= 4 is 22.5 Å². The van der Waals surface area contributed by atoms with Gasteiger partial charge in [-0.2, -0.15) is 5.26 Å². The minimum atomic E-state index is 0.0668. The van der Waals surface area contributed by atoms with E-state index in [0.717, 1.165) is 5.52 Å². The molecule has 0 spiro atoms. The van der Waals surface area contributed by atoms with Crippen LogP contribution in [0.2, 0.25) is 5.02 Å². The van der Waals surface area contributed by atoms with E-state index in [4.69, 9.17) is 16.9 Å². The van der Waals surface area contributed by atoms with Crippen LogP contribution in [0.5, 0.6) is 5.75 Å². The van der Waals surface area contributed by atoms with Crippen LogP contribution in [0.25, 0.3) is 10.9 Å². The Morgan fingerprint density at radius 2 is 2.23 bits per heavy atom. The van der Waals surface area contributed by atoms with Crippen LogP contribution in [0, 0.1) is 11.3 Å². The van der Waals surface area contributed by atoms with Crippen LogP contribution in [0.1, 0.15) is 5.56 Å². The summed E-state index contributed by atoms with van der Waals surface area (Å²) in [6.07, 6.45) is 1.44. The minimum absolute atomic E-state index is 0.0668. The van der Waals surface area contributed by atoms with E-state index in [1.165, 1.54) is 6.20 Å². The largest absolute Gasteiger partial charge is 0.506 e. The third-order valence-electron chi connectivity index (χ3n) is 1.88. The van der Waals surface area contributed by atoms with Crippen LogP contribution in [-0.2, 0) is 0 Å². The summed E-state index contributed by atoms with van der Waals surface area (Å²) in [5.74, 6) is 0.0668. The van der Waals surface area contributed by atoms with E-state index in [2.05, 4.69) is 4.98 Å². The molecule has 0 saturated heterocycles. The van der Waals surface area contributed by atoms with Crippen molar-refractivity contribution in [2.45, 2.75) is 0 Å². The lowest BCUT2D eigenvalue weighted by atomic mass is 10.1. The van der Waals surface area contributed by atoms with Crippen molar-refractivity contribution in [2.24, 2.45) is 0 Å². The zero-order valence-electron chi connectivity index (χ0n) is 6.50. The van der Waals surface area contributed by atoms with Gasteiger partial charge in [-0.1, -0.05) is 11.6 Å². The van der Waals surface area contributed by atoms with Gasteiger partial charge in [0.1, 0.15) is 11.8 Å². The minimum Gasteiger partial charge on any atom is -0.506 e. The number of benzene rings is 1. The van der Waals surface area contributed by atoms with Gasteiger partial charge in [-0.3, -0.25) is 0 Å². The van der Waals surface area contributed by atoms with Gasteiger partial charge in [0.2, 0.25) is 0 Å². The first-order chi connectivity index (χ1) is 6.24. The number of aromatic hydroxyl groups is 1. The molecule has 0 aliphatic rings. The maximum atomic E-state index is 9.39. The van der Waals surface area contributed by atoms with Gasteiger partial charge in [-0.15, -0.1) is 0 Å². The first kappa shape index (κ1) is 7.96. The summed E-state index contributed by atoms with van der Waals surface area (Å²) in [6.45, 7) is 0. The highest BCUT2D eigenvalue weighted by Gasteiger charge is 2.09. The number of hydrogen-bond acceptors (Lipinski definition) is 2. The number of H-pyrrole nitrogens is 1. The molecule has 0 bridgehead atoms. The van der Waals surface area contributed by atoms with Crippen molar-refractivity contribution in [2.75, 3.05) is 0 Å². The molecule has 3 nitrogen and oxygen atoms in total. The molecule has 1 aromatic heterocycles. The molecule has 64 valence electrons. The second-order valence-electron chi connectivity index (χ2n) is 2.64. The maximum Gasteiger partial charge on any atom is 0.142 e. The van der Waals surface area contributed by atoms with Crippen LogP contribution in [0.4, 0.5) is 0 Å². The van der Waals surface area contributed by atoms with Crippen LogP contribution in [-0.4, -0.2) is 10.1 Å². The van der Waals surface area contributed by atoms with Crippen molar-refractivity contribution in [3.63, 3.8) is 0 Å². The Morgan fingerprint density at radius 3 is 2.92 bits per heavy atom. The van der Waals surface area contributed by atoms with Gasteiger partial charge in [-0.05, 0) is 12.1 Å². The Labute approximate surface area is 79.2 Å². The van der Waals surface area contributed by atoms with E-state index in [1.54, 1.807) is 12.1 Å². The highest BCUT2D eigenvalue weighted by molar-refractivity contribution is 6.37. The number of fused-ring (bicyclic) bond motifs is 1. The number of aromatic amines is 1. The van der Waals surface area contributed by atoms with E-state index >= 15 is 0 Å². The molecule has 0 amide bonds. The molecule has 1 heterocycles. The molecule has 0 saturated carbocycles. The second kappa shape index (κ2) is 2.68. The molecule has 4 heteroatoms. The van der Waals surface area contributed by atoms with E-state index in [-0.39, 0.29) is 5.75 Å². The molecule has 2 N–H and O–H groups in total. The van der Waals surface area contributed by atoms with Crippen LogP contribution in [0.3, 0.4) is 0 Å². The van der Waals surface area contributed by atoms with Crippen LogP contribution >= 0.6 is 11.6 Å². The van der Waals surface area contributed by atoms with Crippen LogP contribution in [0.15, 0.2) is 18.3 Å². The number of rotatable bonds is 0. The van der Waals surface area contributed by atoms with Crippen molar-refractivity contribution < 1.29 is 5.11 Å². The van der Waals surface area contributed by atoms with Crippen LogP contribution < -0.4 is 0 Å². The molecular weight excluding hydrogens is 188 g/mol. The molecule has 0 unspecified atom stereocenters. The summed E-state index contributed by atoms with van der Waals surface area (Å²) < 4.78 is 0. The molecule has 0 radical (unpaired) electrons. The zero-order chi connectivity index (χ0) is 9.42. The molecule has 1 aromatic carbocycles. The van der Waals surface area contributed by atoms with Gasteiger partial charge in [0.05, 0.1) is 21.5 Å². The molecular formula is C9H5ClN2O. The third-order valence-corrected chi connectivity index (χ3v) is 2.28. The molecule has 0 aliphatic carbocycles. The van der Waals surface area contributed by atoms with E-state index < -0.39 is 0 Å². The fourth-order valence-electron chi connectivity index (χ4n) is 1.25. The van der Waals surface area contributed by atoms with E-state index in [0.29, 0.717) is 16.0 Å². The topological polar surface area (TPSA) is 59.8 Å². The predicted octanol–water partition coefficient (Wildman–Crippen LogP) is 2.40. The lowest BCUT2D eigenvalue weighted by Gasteiger charge is -1.96. The first-order valence-electron chi connectivity index (χ1n) is 3.62. The third kappa shape index (κ3) is 1.04. The normalized spacial score (nSPS) is 10.2. The fourth-order valence-corrected chi connectivity index (χ4v) is 1.56. The second-order valence-corrected chi connectivity index (χ2v) is 3.01. The molecule has 0 aliphatic heterocycles. The van der Waals surface area contributed by atoms with Crippen molar-refractivity contribution in [1.29, 1.82) is 5.26 Å². The summed E-state index contributed by atoms with van der Waals surface area (Å²) in [5.41, 5.74) is 1.09. The van der Waals surface area contributed by atoms with Gasteiger partial charge < -0.3 is 10.1 Å². The Balaban J connectivity index is 2.93. The maximum absolute atomic E-state index is 9.39.